The fourth-order valence-corrected chi connectivity index (χ4v) is 3.13. The number of anilines is 4. The summed E-state index contributed by atoms with van der Waals surface area (Å²) >= 11 is 6.23. The fraction of sp³-hybridized carbons (Fsp3) is 0.227. The van der Waals surface area contributed by atoms with Crippen LogP contribution in [0.4, 0.5) is 33.8 Å². The normalized spacial score (nSPS) is 11.2. The number of carbonyl (C=O) groups is 1. The maximum atomic E-state index is 12.2. The molecule has 3 aromatic heterocycles. The molecule has 0 amide bonds. The van der Waals surface area contributed by atoms with Crippen LogP contribution < -0.4 is 10.6 Å². The second-order valence-corrected chi connectivity index (χ2v) is 9.02. The number of aromatic nitrogens is 6. The SMILES string of the molecule is CC(C)(C)OC(=O)n1ccc(Nc2nc(Nc3cnn(Cc4ccc([N+](=O)[O-])cc4)c3)ncc2Cl)n1. The number of rotatable bonds is 7. The summed E-state index contributed by atoms with van der Waals surface area (Å²) in [6, 6.07) is 7.83. The number of nitro benzene ring substituents is 1. The highest BCUT2D eigenvalue weighted by Gasteiger charge is 2.19. The Hall–Kier alpha value is -4.52. The maximum Gasteiger partial charge on any atom is 0.435 e. The predicted molar refractivity (Wildman–Crippen MR) is 132 cm³/mol. The maximum absolute atomic E-state index is 12.2. The van der Waals surface area contributed by atoms with Crippen LogP contribution in [0.25, 0.3) is 0 Å². The molecule has 0 saturated heterocycles. The lowest BCUT2D eigenvalue weighted by molar-refractivity contribution is -0.384. The zero-order chi connectivity index (χ0) is 25.9. The molecule has 0 aliphatic heterocycles. The van der Waals surface area contributed by atoms with Crippen molar-refractivity contribution in [3.05, 3.63) is 75.8 Å². The van der Waals surface area contributed by atoms with Gasteiger partial charge in [-0.1, -0.05) is 23.7 Å². The summed E-state index contributed by atoms with van der Waals surface area (Å²) in [4.78, 5) is 31.1. The number of benzene rings is 1. The van der Waals surface area contributed by atoms with E-state index in [9.17, 15) is 14.9 Å². The molecule has 13 nitrogen and oxygen atoms in total. The number of non-ortho nitro benzene ring substituents is 1. The van der Waals surface area contributed by atoms with E-state index >= 15 is 0 Å². The summed E-state index contributed by atoms with van der Waals surface area (Å²) in [5.74, 6) is 0.869. The first kappa shape index (κ1) is 24.6. The molecule has 0 bridgehead atoms. The van der Waals surface area contributed by atoms with Crippen molar-refractivity contribution >= 4 is 46.7 Å². The predicted octanol–water partition coefficient (Wildman–Crippen LogP) is 4.75. The van der Waals surface area contributed by atoms with E-state index in [4.69, 9.17) is 16.3 Å². The van der Waals surface area contributed by atoms with E-state index in [0.29, 0.717) is 18.1 Å². The van der Waals surface area contributed by atoms with Crippen LogP contribution in [-0.4, -0.2) is 46.1 Å². The number of nitro groups is 1. The molecule has 186 valence electrons. The van der Waals surface area contributed by atoms with Gasteiger partial charge in [-0.15, -0.1) is 5.10 Å². The molecule has 14 heteroatoms. The topological polar surface area (TPSA) is 155 Å². The van der Waals surface area contributed by atoms with Gasteiger partial charge in [0.05, 0.1) is 29.5 Å². The van der Waals surface area contributed by atoms with Gasteiger partial charge in [0.1, 0.15) is 10.6 Å². The van der Waals surface area contributed by atoms with Crippen molar-refractivity contribution in [2.24, 2.45) is 0 Å². The smallest absolute Gasteiger partial charge is 0.435 e. The third-order valence-corrected chi connectivity index (χ3v) is 4.82. The van der Waals surface area contributed by atoms with E-state index in [0.717, 1.165) is 10.2 Å². The van der Waals surface area contributed by atoms with Gasteiger partial charge >= 0.3 is 6.09 Å². The van der Waals surface area contributed by atoms with Gasteiger partial charge in [-0.2, -0.15) is 14.8 Å². The minimum absolute atomic E-state index is 0.0301. The van der Waals surface area contributed by atoms with E-state index < -0.39 is 16.6 Å². The number of nitrogens with one attached hydrogen (secondary N) is 2. The van der Waals surface area contributed by atoms with Crippen molar-refractivity contribution in [1.29, 1.82) is 0 Å². The molecule has 4 rings (SSSR count). The molecule has 0 spiro atoms. The van der Waals surface area contributed by atoms with Crippen molar-refractivity contribution in [3.8, 4) is 0 Å². The summed E-state index contributed by atoms with van der Waals surface area (Å²) < 4.78 is 8.03. The van der Waals surface area contributed by atoms with Crippen LogP contribution in [-0.2, 0) is 11.3 Å². The van der Waals surface area contributed by atoms with E-state index in [1.807, 2.05) is 0 Å². The van der Waals surface area contributed by atoms with Crippen molar-refractivity contribution in [1.82, 2.24) is 29.5 Å². The highest BCUT2D eigenvalue weighted by Crippen LogP contribution is 2.24. The lowest BCUT2D eigenvalue weighted by atomic mass is 10.2. The van der Waals surface area contributed by atoms with Gasteiger partial charge in [-0.25, -0.2) is 9.78 Å². The first-order valence-corrected chi connectivity index (χ1v) is 11.0. The number of hydrogen-bond acceptors (Lipinski definition) is 10. The zero-order valence-electron chi connectivity index (χ0n) is 19.5. The second-order valence-electron chi connectivity index (χ2n) is 8.62. The Morgan fingerprint density at radius 2 is 1.92 bits per heavy atom. The van der Waals surface area contributed by atoms with Crippen molar-refractivity contribution in [3.63, 3.8) is 0 Å². The van der Waals surface area contributed by atoms with Crippen LogP contribution in [0.1, 0.15) is 26.3 Å². The van der Waals surface area contributed by atoms with Crippen LogP contribution in [0.3, 0.4) is 0 Å². The van der Waals surface area contributed by atoms with Crippen molar-refractivity contribution in [2.45, 2.75) is 32.9 Å². The summed E-state index contributed by atoms with van der Waals surface area (Å²) in [5.41, 5.74) is 0.861. The Morgan fingerprint density at radius 3 is 2.61 bits per heavy atom. The Balaban J connectivity index is 1.41. The third kappa shape index (κ3) is 6.33. The lowest BCUT2D eigenvalue weighted by Crippen LogP contribution is -2.27. The zero-order valence-corrected chi connectivity index (χ0v) is 20.3. The summed E-state index contributed by atoms with van der Waals surface area (Å²) in [6.07, 6.45) is 5.61. The Morgan fingerprint density at radius 1 is 1.17 bits per heavy atom. The van der Waals surface area contributed by atoms with Crippen LogP contribution in [0.15, 0.2) is 55.1 Å². The first-order chi connectivity index (χ1) is 17.1. The standard InChI is InChI=1S/C22H22ClN9O4/c1-22(2,3)36-21(33)31-9-8-18(29-31)27-19-17(23)11-24-20(28-19)26-15-10-25-30(13-15)12-14-4-6-16(7-5-14)32(34)35/h4-11,13H,12H2,1-3H3,(H2,24,26,27,28,29). The number of halogens is 1. The molecule has 2 N–H and O–H groups in total. The van der Waals surface area contributed by atoms with Gasteiger partial charge < -0.3 is 15.4 Å². The fourth-order valence-electron chi connectivity index (χ4n) is 2.99. The van der Waals surface area contributed by atoms with E-state index in [2.05, 4.69) is 30.8 Å². The molecule has 36 heavy (non-hydrogen) atoms. The quantitative estimate of drug-likeness (QED) is 0.262. The minimum atomic E-state index is -0.650. The molecular weight excluding hydrogens is 490 g/mol. The molecule has 0 aliphatic rings. The Bertz CT molecular complexity index is 1390. The van der Waals surface area contributed by atoms with Gasteiger partial charge in [0.15, 0.2) is 11.6 Å². The number of hydrogen-bond donors (Lipinski definition) is 2. The molecule has 3 heterocycles. The molecule has 0 radical (unpaired) electrons. The highest BCUT2D eigenvalue weighted by atomic mass is 35.5. The van der Waals surface area contributed by atoms with Crippen molar-refractivity contribution in [2.75, 3.05) is 10.6 Å². The molecule has 0 saturated carbocycles. The monoisotopic (exact) mass is 511 g/mol. The lowest BCUT2D eigenvalue weighted by Gasteiger charge is -2.18. The van der Waals surface area contributed by atoms with Gasteiger partial charge in [0.25, 0.3) is 5.69 Å². The molecule has 4 aromatic rings. The summed E-state index contributed by atoms with van der Waals surface area (Å²) in [7, 11) is 0. The number of carbonyl (C=O) groups excluding carboxylic acids is 1. The molecule has 0 aliphatic carbocycles. The number of ether oxygens (including phenoxy) is 1. The van der Waals surface area contributed by atoms with Crippen LogP contribution in [0.5, 0.6) is 0 Å². The highest BCUT2D eigenvalue weighted by molar-refractivity contribution is 6.32. The second kappa shape index (κ2) is 10.00. The van der Waals surface area contributed by atoms with Crippen LogP contribution in [0, 0.1) is 10.1 Å². The summed E-state index contributed by atoms with van der Waals surface area (Å²) in [5, 5.41) is 25.5. The minimum Gasteiger partial charge on any atom is -0.442 e. The van der Waals surface area contributed by atoms with Crippen LogP contribution in [0.2, 0.25) is 5.02 Å². The third-order valence-electron chi connectivity index (χ3n) is 4.54. The van der Waals surface area contributed by atoms with E-state index in [-0.39, 0.29) is 22.5 Å². The van der Waals surface area contributed by atoms with E-state index in [1.165, 1.54) is 24.5 Å². The molecular formula is C22H22ClN9O4. The Kier molecular flexibility index (Phi) is 6.83. The average molecular weight is 512 g/mol. The summed E-state index contributed by atoms with van der Waals surface area (Å²) in [6.45, 7) is 5.72. The molecule has 0 fully saturated rings. The molecule has 0 atom stereocenters. The van der Waals surface area contributed by atoms with Gasteiger partial charge in [-0.3, -0.25) is 14.8 Å². The molecule has 1 aromatic carbocycles. The Labute approximate surface area is 210 Å². The van der Waals surface area contributed by atoms with Crippen LogP contribution >= 0.6 is 11.6 Å². The van der Waals surface area contributed by atoms with Gasteiger partial charge in [-0.05, 0) is 26.3 Å². The first-order valence-electron chi connectivity index (χ1n) is 10.7. The van der Waals surface area contributed by atoms with Crippen molar-refractivity contribution < 1.29 is 14.5 Å². The van der Waals surface area contributed by atoms with Gasteiger partial charge in [0, 0.05) is 30.6 Å². The number of nitrogens with zero attached hydrogens (tertiary/aromatic N) is 7. The molecule has 0 unspecified atom stereocenters. The largest absolute Gasteiger partial charge is 0.442 e. The van der Waals surface area contributed by atoms with E-state index in [1.54, 1.807) is 56.0 Å². The van der Waals surface area contributed by atoms with Gasteiger partial charge in [0.2, 0.25) is 5.95 Å². The average Bonchev–Trinajstić information content (AvgIpc) is 3.45.